The van der Waals surface area contributed by atoms with Crippen LogP contribution in [0.5, 0.6) is 0 Å². The fourth-order valence-electron chi connectivity index (χ4n) is 0.951. The third-order valence-corrected chi connectivity index (χ3v) is 1.53. The zero-order valence-electron chi connectivity index (χ0n) is 6.71. The van der Waals surface area contributed by atoms with Gasteiger partial charge in [0, 0.05) is 5.56 Å². The predicted octanol–water partition coefficient (Wildman–Crippen LogP) is 2.46. The Morgan fingerprint density at radius 3 is 2.85 bits per heavy atom. The van der Waals surface area contributed by atoms with E-state index in [1.807, 2.05) is 0 Å². The third kappa shape index (κ3) is 2.76. The molecule has 1 aromatic rings. The Bertz CT molecular complexity index is 332. The number of rotatable bonds is 3. The average Bonchev–Trinajstić information content (AvgIpc) is 2.15. The molecule has 0 saturated heterocycles. The molecular weight excluding hydrogens is 176 g/mol. The summed E-state index contributed by atoms with van der Waals surface area (Å²) in [7, 11) is 0. The smallest absolute Gasteiger partial charge is 0.211 e. The molecule has 0 atom stereocenters. The van der Waals surface area contributed by atoms with Gasteiger partial charge in [0.2, 0.25) is 6.08 Å². The van der Waals surface area contributed by atoms with Crippen LogP contribution in [0.1, 0.15) is 17.6 Å². The highest BCUT2D eigenvalue weighted by Crippen LogP contribution is 2.19. The lowest BCUT2D eigenvalue weighted by Gasteiger charge is -2.00. The Balaban J connectivity index is 2.85. The lowest BCUT2D eigenvalue weighted by atomic mass is 10.1. The highest BCUT2D eigenvalue weighted by molar-refractivity contribution is 5.34. The van der Waals surface area contributed by atoms with Gasteiger partial charge in [0.1, 0.15) is 0 Å². The summed E-state index contributed by atoms with van der Waals surface area (Å²) >= 11 is 0. The molecule has 0 bridgehead atoms. The summed E-state index contributed by atoms with van der Waals surface area (Å²) in [5.74, 6) is 0. The maximum Gasteiger partial charge on any atom is 0.263 e. The number of nitrogens with zero attached hydrogens (tertiary/aromatic N) is 1. The van der Waals surface area contributed by atoms with Crippen molar-refractivity contribution < 1.29 is 13.6 Å². The van der Waals surface area contributed by atoms with E-state index in [2.05, 4.69) is 4.99 Å². The van der Waals surface area contributed by atoms with Gasteiger partial charge in [-0.2, -0.15) is 0 Å². The van der Waals surface area contributed by atoms with E-state index in [4.69, 9.17) is 0 Å². The number of carbonyl (C=O) groups excluding carboxylic acids is 1. The summed E-state index contributed by atoms with van der Waals surface area (Å²) in [6.45, 7) is 0.101. The van der Waals surface area contributed by atoms with Gasteiger partial charge in [0.25, 0.3) is 6.43 Å². The van der Waals surface area contributed by atoms with Crippen LogP contribution >= 0.6 is 0 Å². The third-order valence-electron chi connectivity index (χ3n) is 1.53. The number of hydrogen-bond acceptors (Lipinski definition) is 2. The SMILES string of the molecule is O=C=NCc1cccc(C(F)F)c1. The van der Waals surface area contributed by atoms with Crippen molar-refractivity contribution in [3.63, 3.8) is 0 Å². The van der Waals surface area contributed by atoms with Crippen LogP contribution in [0.3, 0.4) is 0 Å². The van der Waals surface area contributed by atoms with Gasteiger partial charge in [0.15, 0.2) is 0 Å². The van der Waals surface area contributed by atoms with Gasteiger partial charge in [-0.25, -0.2) is 18.6 Å². The molecule has 68 valence electrons. The van der Waals surface area contributed by atoms with Crippen LogP contribution in [0.15, 0.2) is 29.3 Å². The number of isocyanates is 1. The Morgan fingerprint density at radius 2 is 2.23 bits per heavy atom. The van der Waals surface area contributed by atoms with E-state index in [0.29, 0.717) is 5.56 Å². The average molecular weight is 183 g/mol. The minimum atomic E-state index is -2.49. The van der Waals surface area contributed by atoms with Gasteiger partial charge in [-0.3, -0.25) is 0 Å². The quantitative estimate of drug-likeness (QED) is 0.522. The standard InChI is InChI=1S/C9H7F2NO/c10-9(11)8-3-1-2-7(4-8)5-12-6-13/h1-4,9H,5H2. The second-order valence-electron chi connectivity index (χ2n) is 2.45. The maximum atomic E-state index is 12.2. The van der Waals surface area contributed by atoms with Crippen LogP contribution in [0, 0.1) is 0 Å². The molecule has 1 rings (SSSR count). The molecule has 0 aliphatic rings. The van der Waals surface area contributed by atoms with Crippen molar-refractivity contribution in [1.82, 2.24) is 0 Å². The predicted molar refractivity (Wildman–Crippen MR) is 43.2 cm³/mol. The Kier molecular flexibility index (Phi) is 3.29. The minimum Gasteiger partial charge on any atom is -0.211 e. The van der Waals surface area contributed by atoms with Crippen LogP contribution in [-0.4, -0.2) is 6.08 Å². The second-order valence-corrected chi connectivity index (χ2v) is 2.45. The van der Waals surface area contributed by atoms with Crippen molar-refractivity contribution in [3.05, 3.63) is 35.4 Å². The number of benzene rings is 1. The first-order chi connectivity index (χ1) is 6.24. The van der Waals surface area contributed by atoms with E-state index in [-0.39, 0.29) is 12.1 Å². The van der Waals surface area contributed by atoms with E-state index in [9.17, 15) is 13.6 Å². The maximum absolute atomic E-state index is 12.2. The zero-order valence-corrected chi connectivity index (χ0v) is 6.71. The molecule has 2 nitrogen and oxygen atoms in total. The van der Waals surface area contributed by atoms with E-state index >= 15 is 0 Å². The monoisotopic (exact) mass is 183 g/mol. The molecule has 4 heteroatoms. The van der Waals surface area contributed by atoms with Crippen LogP contribution < -0.4 is 0 Å². The number of alkyl halides is 2. The van der Waals surface area contributed by atoms with Crippen molar-refractivity contribution >= 4 is 6.08 Å². The van der Waals surface area contributed by atoms with Crippen molar-refractivity contribution in [2.45, 2.75) is 13.0 Å². The van der Waals surface area contributed by atoms with Gasteiger partial charge in [-0.05, 0) is 11.6 Å². The molecule has 13 heavy (non-hydrogen) atoms. The molecule has 0 saturated carbocycles. The molecule has 1 aromatic carbocycles. The lowest BCUT2D eigenvalue weighted by Crippen LogP contribution is -1.87. The van der Waals surface area contributed by atoms with E-state index in [1.54, 1.807) is 6.07 Å². The molecule has 0 N–H and O–H groups in total. The largest absolute Gasteiger partial charge is 0.263 e. The van der Waals surface area contributed by atoms with E-state index < -0.39 is 6.43 Å². The van der Waals surface area contributed by atoms with Gasteiger partial charge in [-0.15, -0.1) is 0 Å². The van der Waals surface area contributed by atoms with Crippen LogP contribution in [0.4, 0.5) is 8.78 Å². The molecule has 0 aromatic heterocycles. The first-order valence-corrected chi connectivity index (χ1v) is 3.64. The Morgan fingerprint density at radius 1 is 1.46 bits per heavy atom. The lowest BCUT2D eigenvalue weighted by molar-refractivity contribution is 0.151. The topological polar surface area (TPSA) is 29.4 Å². The summed E-state index contributed by atoms with van der Waals surface area (Å²) in [5, 5.41) is 0. The van der Waals surface area contributed by atoms with Gasteiger partial charge in [0.05, 0.1) is 6.54 Å². The summed E-state index contributed by atoms with van der Waals surface area (Å²) < 4.78 is 24.3. The number of hydrogen-bond donors (Lipinski definition) is 0. The number of halogens is 2. The van der Waals surface area contributed by atoms with E-state index in [1.165, 1.54) is 24.3 Å². The molecule has 0 radical (unpaired) electrons. The highest BCUT2D eigenvalue weighted by Gasteiger charge is 2.06. The normalized spacial score (nSPS) is 9.77. The molecular formula is C9H7F2NO. The zero-order chi connectivity index (χ0) is 9.68. The molecule has 0 heterocycles. The summed E-state index contributed by atoms with van der Waals surface area (Å²) in [4.78, 5) is 13.0. The fraction of sp³-hybridized carbons (Fsp3) is 0.222. The number of aliphatic imine (C=N–C) groups is 1. The van der Waals surface area contributed by atoms with Crippen molar-refractivity contribution in [2.75, 3.05) is 0 Å². The Hall–Kier alpha value is -1.54. The molecule has 0 aliphatic heterocycles. The summed E-state index contributed by atoms with van der Waals surface area (Å²) in [5.41, 5.74) is 0.528. The molecule has 0 aliphatic carbocycles. The second kappa shape index (κ2) is 4.48. The molecule has 0 spiro atoms. The highest BCUT2D eigenvalue weighted by atomic mass is 19.3. The first-order valence-electron chi connectivity index (χ1n) is 3.64. The van der Waals surface area contributed by atoms with E-state index in [0.717, 1.165) is 0 Å². The van der Waals surface area contributed by atoms with Crippen LogP contribution in [0.2, 0.25) is 0 Å². The van der Waals surface area contributed by atoms with Crippen molar-refractivity contribution in [1.29, 1.82) is 0 Å². The van der Waals surface area contributed by atoms with Crippen molar-refractivity contribution in [2.24, 2.45) is 4.99 Å². The molecule has 0 unspecified atom stereocenters. The first kappa shape index (κ1) is 9.55. The van der Waals surface area contributed by atoms with Gasteiger partial charge in [-0.1, -0.05) is 18.2 Å². The summed E-state index contributed by atoms with van der Waals surface area (Å²) in [6, 6.07) is 5.80. The van der Waals surface area contributed by atoms with Gasteiger partial charge < -0.3 is 0 Å². The molecule has 0 fully saturated rings. The van der Waals surface area contributed by atoms with Gasteiger partial charge >= 0.3 is 0 Å². The fourth-order valence-corrected chi connectivity index (χ4v) is 0.951. The van der Waals surface area contributed by atoms with Crippen molar-refractivity contribution in [3.8, 4) is 0 Å². The summed E-state index contributed by atoms with van der Waals surface area (Å²) in [6.07, 6.45) is -1.13. The van der Waals surface area contributed by atoms with Crippen LogP contribution in [-0.2, 0) is 11.3 Å². The minimum absolute atomic E-state index is 0.0569. The van der Waals surface area contributed by atoms with Crippen LogP contribution in [0.25, 0.3) is 0 Å². The Labute approximate surface area is 73.9 Å². The molecule has 0 amide bonds.